The second kappa shape index (κ2) is 9.91. The number of pyridine rings is 1. The van der Waals surface area contributed by atoms with Gasteiger partial charge in [0.2, 0.25) is 11.8 Å². The first kappa shape index (κ1) is 22.6. The van der Waals surface area contributed by atoms with Crippen molar-refractivity contribution in [2.75, 3.05) is 23.7 Å². The van der Waals surface area contributed by atoms with Crippen molar-refractivity contribution in [3.63, 3.8) is 0 Å². The number of carbonyl (C=O) groups is 3. The van der Waals surface area contributed by atoms with E-state index in [0.29, 0.717) is 41.5 Å². The van der Waals surface area contributed by atoms with E-state index in [1.54, 1.807) is 41.6 Å². The molecule has 33 heavy (non-hydrogen) atoms. The Morgan fingerprint density at radius 1 is 1.12 bits per heavy atom. The number of thiazole rings is 1. The number of aryl methyl sites for hydroxylation is 1. The third kappa shape index (κ3) is 5.43. The molecule has 170 valence electrons. The van der Waals surface area contributed by atoms with E-state index in [4.69, 9.17) is 0 Å². The van der Waals surface area contributed by atoms with E-state index < -0.39 is 0 Å². The highest BCUT2D eigenvalue weighted by atomic mass is 32.1. The average Bonchev–Trinajstić information content (AvgIpc) is 3.20. The van der Waals surface area contributed by atoms with Crippen LogP contribution in [-0.2, 0) is 9.59 Å². The Kier molecular flexibility index (Phi) is 6.79. The van der Waals surface area contributed by atoms with Crippen molar-refractivity contribution in [1.82, 2.24) is 14.9 Å². The molecule has 4 rings (SSSR count). The number of likely N-dealkylation sites (tertiary alicyclic amines) is 1. The van der Waals surface area contributed by atoms with Crippen molar-refractivity contribution >= 4 is 40.4 Å². The molecule has 8 nitrogen and oxygen atoms in total. The predicted molar refractivity (Wildman–Crippen MR) is 128 cm³/mol. The molecular formula is C24H25N5O3S. The second-order valence-electron chi connectivity index (χ2n) is 8.02. The number of hydrogen-bond acceptors (Lipinski definition) is 6. The molecule has 1 saturated heterocycles. The van der Waals surface area contributed by atoms with Crippen molar-refractivity contribution in [2.45, 2.75) is 26.7 Å². The molecule has 1 aliphatic heterocycles. The molecule has 0 spiro atoms. The quantitative estimate of drug-likeness (QED) is 0.596. The Morgan fingerprint density at radius 2 is 1.91 bits per heavy atom. The predicted octanol–water partition coefficient (Wildman–Crippen LogP) is 3.96. The number of amides is 3. The van der Waals surface area contributed by atoms with Crippen LogP contribution in [0.25, 0.3) is 10.6 Å². The van der Waals surface area contributed by atoms with E-state index in [0.717, 1.165) is 17.0 Å². The van der Waals surface area contributed by atoms with Gasteiger partial charge in [-0.2, -0.15) is 0 Å². The lowest BCUT2D eigenvalue weighted by Gasteiger charge is -2.31. The molecule has 2 aromatic heterocycles. The molecule has 1 aromatic carbocycles. The third-order valence-electron chi connectivity index (χ3n) is 5.43. The molecule has 1 unspecified atom stereocenters. The fourth-order valence-corrected chi connectivity index (χ4v) is 4.87. The van der Waals surface area contributed by atoms with Gasteiger partial charge in [-0.1, -0.05) is 6.07 Å². The van der Waals surface area contributed by atoms with E-state index in [1.807, 2.05) is 19.1 Å². The van der Waals surface area contributed by atoms with Gasteiger partial charge in [0, 0.05) is 49.3 Å². The van der Waals surface area contributed by atoms with Gasteiger partial charge in [-0.15, -0.1) is 11.3 Å². The summed E-state index contributed by atoms with van der Waals surface area (Å²) >= 11 is 1.36. The monoisotopic (exact) mass is 463 g/mol. The van der Waals surface area contributed by atoms with Crippen LogP contribution in [0.15, 0.2) is 48.8 Å². The summed E-state index contributed by atoms with van der Waals surface area (Å²) < 4.78 is 0. The van der Waals surface area contributed by atoms with Gasteiger partial charge in [-0.3, -0.25) is 19.4 Å². The summed E-state index contributed by atoms with van der Waals surface area (Å²) in [6.07, 6.45) is 4.90. The van der Waals surface area contributed by atoms with Gasteiger partial charge >= 0.3 is 0 Å². The number of piperidine rings is 1. The lowest BCUT2D eigenvalue weighted by atomic mass is 9.96. The maximum atomic E-state index is 13.2. The number of rotatable bonds is 5. The van der Waals surface area contributed by atoms with Crippen molar-refractivity contribution in [2.24, 2.45) is 5.92 Å². The summed E-state index contributed by atoms with van der Waals surface area (Å²) in [7, 11) is 0. The summed E-state index contributed by atoms with van der Waals surface area (Å²) in [5, 5.41) is 6.38. The van der Waals surface area contributed by atoms with Crippen molar-refractivity contribution in [3.8, 4) is 10.6 Å². The van der Waals surface area contributed by atoms with Gasteiger partial charge in [0.05, 0.1) is 11.6 Å². The van der Waals surface area contributed by atoms with Gasteiger partial charge in [-0.05, 0) is 50.1 Å². The molecule has 3 heterocycles. The minimum Gasteiger partial charge on any atom is -0.337 e. The highest BCUT2D eigenvalue weighted by molar-refractivity contribution is 7.17. The van der Waals surface area contributed by atoms with Gasteiger partial charge in [0.1, 0.15) is 9.88 Å². The topological polar surface area (TPSA) is 104 Å². The number of nitrogens with zero attached hydrogens (tertiary/aromatic N) is 3. The molecule has 0 saturated carbocycles. The van der Waals surface area contributed by atoms with Crippen molar-refractivity contribution in [1.29, 1.82) is 0 Å². The Hall–Kier alpha value is -3.59. The minimum atomic E-state index is -0.307. The van der Waals surface area contributed by atoms with Crippen LogP contribution in [0.4, 0.5) is 11.4 Å². The fraction of sp³-hybridized carbons (Fsp3) is 0.292. The summed E-state index contributed by atoms with van der Waals surface area (Å²) in [6.45, 7) is 4.24. The maximum absolute atomic E-state index is 13.2. The number of hydrogen-bond donors (Lipinski definition) is 2. The van der Waals surface area contributed by atoms with E-state index in [1.165, 1.54) is 18.3 Å². The molecule has 0 radical (unpaired) electrons. The number of nitrogens with one attached hydrogen (secondary N) is 2. The largest absolute Gasteiger partial charge is 0.337 e. The van der Waals surface area contributed by atoms with E-state index in [9.17, 15) is 14.4 Å². The molecule has 0 aliphatic carbocycles. The normalized spacial score (nSPS) is 15.7. The number of carbonyl (C=O) groups excluding carboxylic acids is 3. The average molecular weight is 464 g/mol. The van der Waals surface area contributed by atoms with Gasteiger partial charge in [0.25, 0.3) is 5.91 Å². The Balaban J connectivity index is 1.43. The summed E-state index contributed by atoms with van der Waals surface area (Å²) in [5.41, 5.74) is 2.78. The zero-order chi connectivity index (χ0) is 23.4. The van der Waals surface area contributed by atoms with Crippen LogP contribution in [-0.4, -0.2) is 45.7 Å². The van der Waals surface area contributed by atoms with Gasteiger partial charge < -0.3 is 15.5 Å². The van der Waals surface area contributed by atoms with Gasteiger partial charge in [0.15, 0.2) is 0 Å². The van der Waals surface area contributed by atoms with Crippen LogP contribution < -0.4 is 10.6 Å². The molecule has 3 aromatic rings. The number of aromatic nitrogens is 2. The van der Waals surface area contributed by atoms with Crippen LogP contribution in [0.2, 0.25) is 0 Å². The molecule has 2 N–H and O–H groups in total. The van der Waals surface area contributed by atoms with E-state index in [2.05, 4.69) is 20.6 Å². The first-order chi connectivity index (χ1) is 15.9. The lowest BCUT2D eigenvalue weighted by molar-refractivity contribution is -0.121. The Bertz CT molecular complexity index is 1180. The molecular weight excluding hydrogens is 438 g/mol. The first-order valence-electron chi connectivity index (χ1n) is 10.8. The molecule has 0 bridgehead atoms. The van der Waals surface area contributed by atoms with Crippen LogP contribution in [0.1, 0.15) is 35.1 Å². The summed E-state index contributed by atoms with van der Waals surface area (Å²) in [6, 6.07) is 10.8. The smallest absolute Gasteiger partial charge is 0.265 e. The zero-order valence-corrected chi connectivity index (χ0v) is 19.3. The molecule has 1 aliphatic rings. The highest BCUT2D eigenvalue weighted by Gasteiger charge is 2.31. The van der Waals surface area contributed by atoms with Crippen molar-refractivity contribution < 1.29 is 14.4 Å². The first-order valence-corrected chi connectivity index (χ1v) is 11.6. The maximum Gasteiger partial charge on any atom is 0.265 e. The van der Waals surface area contributed by atoms with Gasteiger partial charge in [-0.25, -0.2) is 4.98 Å². The van der Waals surface area contributed by atoms with Crippen LogP contribution in [0.5, 0.6) is 0 Å². The molecule has 3 amide bonds. The summed E-state index contributed by atoms with van der Waals surface area (Å²) in [5.74, 6) is -0.710. The standard InChI is InChI=1S/C24H25N5O3S/c1-15-21(33-23(26-15)17-6-4-10-25-13-17)24(32)29-11-5-7-18(14-29)22(31)28-20-9-3-8-19(12-20)27-16(2)30/h3-4,6,8-10,12-13,18H,5,7,11,14H2,1-2H3,(H,27,30)(H,28,31). The summed E-state index contributed by atoms with van der Waals surface area (Å²) in [4.78, 5) is 48.5. The minimum absolute atomic E-state index is 0.0923. The molecule has 9 heteroatoms. The lowest BCUT2D eigenvalue weighted by Crippen LogP contribution is -2.43. The third-order valence-corrected chi connectivity index (χ3v) is 6.62. The van der Waals surface area contributed by atoms with E-state index >= 15 is 0 Å². The molecule has 1 fully saturated rings. The van der Waals surface area contributed by atoms with Crippen LogP contribution in [0.3, 0.4) is 0 Å². The number of benzene rings is 1. The molecule has 1 atom stereocenters. The highest BCUT2D eigenvalue weighted by Crippen LogP contribution is 2.30. The van der Waals surface area contributed by atoms with Crippen LogP contribution >= 0.6 is 11.3 Å². The van der Waals surface area contributed by atoms with E-state index in [-0.39, 0.29) is 23.6 Å². The Morgan fingerprint density at radius 3 is 2.64 bits per heavy atom. The Labute approximate surface area is 196 Å². The SMILES string of the molecule is CC(=O)Nc1cccc(NC(=O)C2CCCN(C(=O)c3sc(-c4cccnc4)nc3C)C2)c1. The van der Waals surface area contributed by atoms with Crippen LogP contribution in [0, 0.1) is 12.8 Å². The number of anilines is 2. The second-order valence-corrected chi connectivity index (χ2v) is 9.02. The fourth-order valence-electron chi connectivity index (χ4n) is 3.85. The zero-order valence-electron chi connectivity index (χ0n) is 18.5. The van der Waals surface area contributed by atoms with Crippen molar-refractivity contribution in [3.05, 3.63) is 59.4 Å².